The Labute approximate surface area is 84.0 Å². The number of ether oxygens (including phenoxy) is 1. The van der Waals surface area contributed by atoms with Gasteiger partial charge < -0.3 is 4.74 Å². The Hall–Kier alpha value is -1.72. The number of rotatable bonds is 3. The van der Waals surface area contributed by atoms with E-state index in [9.17, 15) is 0 Å². The molecule has 0 heterocycles. The highest BCUT2D eigenvalue weighted by atomic mass is 16.5. The van der Waals surface area contributed by atoms with Crippen molar-refractivity contribution >= 4 is 0 Å². The molecule has 0 radical (unpaired) electrons. The normalized spacial score (nSPS) is 13.9. The second-order valence-corrected chi connectivity index (χ2v) is 3.15. The SMILES string of the molecule is C1=CC=C(OCc2ccccc2)CC=1. The minimum absolute atomic E-state index is 0.647. The number of allylic oxidation sites excluding steroid dienone is 2. The fraction of sp³-hybridized carbons (Fsp3) is 0.154. The molecule has 0 aliphatic heterocycles. The molecule has 1 nitrogen and oxygen atoms in total. The van der Waals surface area contributed by atoms with Gasteiger partial charge in [-0.3, -0.25) is 0 Å². The highest BCUT2D eigenvalue weighted by Crippen LogP contribution is 2.11. The molecule has 0 bridgehead atoms. The van der Waals surface area contributed by atoms with Crippen LogP contribution >= 0.6 is 0 Å². The van der Waals surface area contributed by atoms with Crippen molar-refractivity contribution in [1.29, 1.82) is 0 Å². The maximum Gasteiger partial charge on any atom is 0.113 e. The molecule has 0 N–H and O–H groups in total. The van der Waals surface area contributed by atoms with Crippen molar-refractivity contribution in [2.75, 3.05) is 0 Å². The molecule has 2 rings (SSSR count). The average Bonchev–Trinajstić information content (AvgIpc) is 2.29. The first-order chi connectivity index (χ1) is 6.95. The van der Waals surface area contributed by atoms with E-state index in [4.69, 9.17) is 4.74 Å². The van der Waals surface area contributed by atoms with E-state index in [2.05, 4.69) is 17.9 Å². The zero-order chi connectivity index (χ0) is 9.64. The topological polar surface area (TPSA) is 9.23 Å². The van der Waals surface area contributed by atoms with Crippen molar-refractivity contribution in [3.05, 3.63) is 65.6 Å². The van der Waals surface area contributed by atoms with Crippen LogP contribution in [0.2, 0.25) is 0 Å². The van der Waals surface area contributed by atoms with Crippen molar-refractivity contribution in [2.24, 2.45) is 0 Å². The van der Waals surface area contributed by atoms with Crippen molar-refractivity contribution < 1.29 is 4.74 Å². The van der Waals surface area contributed by atoms with Crippen LogP contribution in [0.15, 0.2) is 60.1 Å². The Bertz CT molecular complexity index is 381. The zero-order valence-corrected chi connectivity index (χ0v) is 7.94. The van der Waals surface area contributed by atoms with Gasteiger partial charge in [-0.1, -0.05) is 30.3 Å². The summed E-state index contributed by atoms with van der Waals surface area (Å²) in [5, 5.41) is 0. The summed E-state index contributed by atoms with van der Waals surface area (Å²) in [4.78, 5) is 0. The van der Waals surface area contributed by atoms with Crippen LogP contribution in [0.1, 0.15) is 12.0 Å². The summed E-state index contributed by atoms with van der Waals surface area (Å²) >= 11 is 0. The van der Waals surface area contributed by atoms with E-state index in [0.29, 0.717) is 6.61 Å². The minimum Gasteiger partial charge on any atom is -0.493 e. The van der Waals surface area contributed by atoms with Crippen LogP contribution < -0.4 is 0 Å². The van der Waals surface area contributed by atoms with Crippen LogP contribution in [0.25, 0.3) is 0 Å². The number of hydrogen-bond donors (Lipinski definition) is 0. The van der Waals surface area contributed by atoms with Gasteiger partial charge in [0.2, 0.25) is 0 Å². The van der Waals surface area contributed by atoms with Gasteiger partial charge in [0.25, 0.3) is 0 Å². The summed E-state index contributed by atoms with van der Waals surface area (Å²) in [6, 6.07) is 10.2. The lowest BCUT2D eigenvalue weighted by atomic mass is 10.2. The lowest BCUT2D eigenvalue weighted by Gasteiger charge is -2.08. The average molecular weight is 184 g/mol. The summed E-state index contributed by atoms with van der Waals surface area (Å²) < 4.78 is 5.63. The Morgan fingerprint density at radius 1 is 1.21 bits per heavy atom. The van der Waals surface area contributed by atoms with E-state index < -0.39 is 0 Å². The maximum atomic E-state index is 5.63. The van der Waals surface area contributed by atoms with Crippen LogP contribution in [0.3, 0.4) is 0 Å². The molecule has 0 saturated carbocycles. The molecule has 1 aromatic carbocycles. The molecular formula is C13H12O. The molecule has 0 atom stereocenters. The fourth-order valence-electron chi connectivity index (χ4n) is 1.29. The highest BCUT2D eigenvalue weighted by molar-refractivity contribution is 5.17. The summed E-state index contributed by atoms with van der Waals surface area (Å²) in [6.45, 7) is 0.647. The predicted octanol–water partition coefficient (Wildman–Crippen LogP) is 3.20. The molecule has 1 aliphatic rings. The van der Waals surface area contributed by atoms with Gasteiger partial charge in [-0.05, 0) is 23.8 Å². The van der Waals surface area contributed by atoms with E-state index in [1.807, 2.05) is 36.4 Å². The first-order valence-electron chi connectivity index (χ1n) is 4.72. The van der Waals surface area contributed by atoms with E-state index in [1.165, 1.54) is 5.56 Å². The standard InChI is InChI=1S/C13H12O/c1-3-7-12(8-4-1)11-14-13-9-5-2-6-10-13/h1,3-9H,10-11H2. The Morgan fingerprint density at radius 2 is 2.07 bits per heavy atom. The third kappa shape index (κ3) is 2.38. The molecule has 0 amide bonds. The molecule has 0 saturated heterocycles. The van der Waals surface area contributed by atoms with Crippen LogP contribution in [-0.4, -0.2) is 0 Å². The van der Waals surface area contributed by atoms with Crippen molar-refractivity contribution in [3.63, 3.8) is 0 Å². The van der Waals surface area contributed by atoms with Crippen LogP contribution in [-0.2, 0) is 11.3 Å². The van der Waals surface area contributed by atoms with Gasteiger partial charge in [0.1, 0.15) is 12.4 Å². The summed E-state index contributed by atoms with van der Waals surface area (Å²) in [7, 11) is 0. The Kier molecular flexibility index (Phi) is 2.85. The van der Waals surface area contributed by atoms with Gasteiger partial charge >= 0.3 is 0 Å². The molecule has 0 aromatic heterocycles. The molecule has 1 heteroatoms. The Balaban J connectivity index is 1.89. The fourth-order valence-corrected chi connectivity index (χ4v) is 1.29. The minimum atomic E-state index is 0.647. The summed E-state index contributed by atoms with van der Waals surface area (Å²) in [6.07, 6.45) is 6.66. The molecule has 14 heavy (non-hydrogen) atoms. The van der Waals surface area contributed by atoms with Crippen molar-refractivity contribution in [2.45, 2.75) is 13.0 Å². The van der Waals surface area contributed by atoms with Gasteiger partial charge in [0.05, 0.1) is 0 Å². The third-order valence-corrected chi connectivity index (χ3v) is 2.05. The van der Waals surface area contributed by atoms with E-state index >= 15 is 0 Å². The molecular weight excluding hydrogens is 172 g/mol. The Morgan fingerprint density at radius 3 is 2.79 bits per heavy atom. The first-order valence-corrected chi connectivity index (χ1v) is 4.72. The largest absolute Gasteiger partial charge is 0.493 e. The van der Waals surface area contributed by atoms with Crippen LogP contribution in [0, 0.1) is 0 Å². The molecule has 1 aromatic rings. The van der Waals surface area contributed by atoms with Crippen LogP contribution in [0.5, 0.6) is 0 Å². The molecule has 0 fully saturated rings. The maximum absolute atomic E-state index is 5.63. The molecule has 0 unspecified atom stereocenters. The van der Waals surface area contributed by atoms with Gasteiger partial charge in [-0.25, -0.2) is 0 Å². The quantitative estimate of drug-likeness (QED) is 0.655. The van der Waals surface area contributed by atoms with Gasteiger partial charge in [0, 0.05) is 6.42 Å². The number of hydrogen-bond acceptors (Lipinski definition) is 1. The van der Waals surface area contributed by atoms with E-state index in [-0.39, 0.29) is 0 Å². The zero-order valence-electron chi connectivity index (χ0n) is 7.94. The summed E-state index contributed by atoms with van der Waals surface area (Å²) in [5.41, 5.74) is 4.21. The molecule has 1 aliphatic carbocycles. The number of benzene rings is 1. The lowest BCUT2D eigenvalue weighted by Crippen LogP contribution is -1.93. The highest BCUT2D eigenvalue weighted by Gasteiger charge is 1.98. The monoisotopic (exact) mass is 184 g/mol. The van der Waals surface area contributed by atoms with Crippen LogP contribution in [0.4, 0.5) is 0 Å². The second-order valence-electron chi connectivity index (χ2n) is 3.15. The van der Waals surface area contributed by atoms with Crippen molar-refractivity contribution in [3.8, 4) is 0 Å². The predicted molar refractivity (Wildman–Crippen MR) is 56.6 cm³/mol. The van der Waals surface area contributed by atoms with E-state index in [0.717, 1.165) is 12.2 Å². The third-order valence-electron chi connectivity index (χ3n) is 2.05. The first kappa shape index (κ1) is 8.86. The van der Waals surface area contributed by atoms with Gasteiger partial charge in [-0.2, -0.15) is 0 Å². The molecule has 70 valence electrons. The molecule has 0 spiro atoms. The smallest absolute Gasteiger partial charge is 0.113 e. The van der Waals surface area contributed by atoms with Crippen molar-refractivity contribution in [1.82, 2.24) is 0 Å². The summed E-state index contributed by atoms with van der Waals surface area (Å²) in [5.74, 6) is 1.01. The van der Waals surface area contributed by atoms with E-state index in [1.54, 1.807) is 0 Å². The van der Waals surface area contributed by atoms with Gasteiger partial charge in [0.15, 0.2) is 0 Å². The lowest BCUT2D eigenvalue weighted by molar-refractivity contribution is 0.194. The van der Waals surface area contributed by atoms with Gasteiger partial charge in [-0.15, -0.1) is 5.73 Å². The second kappa shape index (κ2) is 4.50.